The highest BCUT2D eigenvalue weighted by Gasteiger charge is 2.27. The lowest BCUT2D eigenvalue weighted by atomic mass is 10.2. The summed E-state index contributed by atoms with van der Waals surface area (Å²) in [4.78, 5) is 24.0. The zero-order valence-corrected chi connectivity index (χ0v) is 9.72. The quantitative estimate of drug-likeness (QED) is 0.536. The molecule has 0 atom stereocenters. The van der Waals surface area contributed by atoms with E-state index in [2.05, 4.69) is 6.42 Å². The molecular formula is C13H16NO3. The average molecular weight is 234 g/mol. The summed E-state index contributed by atoms with van der Waals surface area (Å²) < 4.78 is 5.52. The first-order valence-electron chi connectivity index (χ1n) is 5.93. The highest BCUT2D eigenvalue weighted by Crippen LogP contribution is 2.13. The van der Waals surface area contributed by atoms with E-state index < -0.39 is 0 Å². The number of allylic oxidation sites excluding steroid dienone is 3. The maximum Gasteiger partial charge on any atom is 0.229 e. The molecule has 91 valence electrons. The second kappa shape index (κ2) is 5.66. The molecule has 1 saturated heterocycles. The van der Waals surface area contributed by atoms with E-state index >= 15 is 0 Å². The predicted octanol–water partition coefficient (Wildman–Crippen LogP) is 1.59. The lowest BCUT2D eigenvalue weighted by Crippen LogP contribution is -2.30. The molecule has 2 rings (SSSR count). The van der Waals surface area contributed by atoms with Gasteiger partial charge in [0, 0.05) is 19.4 Å². The molecule has 1 heterocycles. The van der Waals surface area contributed by atoms with Crippen LogP contribution in [0.1, 0.15) is 25.7 Å². The molecule has 0 aromatic heterocycles. The molecule has 4 heteroatoms. The van der Waals surface area contributed by atoms with Crippen molar-refractivity contribution in [2.45, 2.75) is 25.7 Å². The first kappa shape index (κ1) is 11.9. The van der Waals surface area contributed by atoms with Gasteiger partial charge < -0.3 is 4.74 Å². The number of carbonyl (C=O) groups is 2. The van der Waals surface area contributed by atoms with Gasteiger partial charge in [-0.3, -0.25) is 14.5 Å². The lowest BCUT2D eigenvalue weighted by Gasteiger charge is -2.14. The van der Waals surface area contributed by atoms with Gasteiger partial charge in [-0.05, 0) is 31.4 Å². The third-order valence-electron chi connectivity index (χ3n) is 2.80. The summed E-state index contributed by atoms with van der Waals surface area (Å²) in [6, 6.07) is 0. The van der Waals surface area contributed by atoms with Crippen LogP contribution in [0.5, 0.6) is 0 Å². The number of nitrogens with zero attached hydrogens (tertiary/aromatic N) is 1. The van der Waals surface area contributed by atoms with Crippen LogP contribution < -0.4 is 0 Å². The Kier molecular flexibility index (Phi) is 3.96. The fourth-order valence-corrected chi connectivity index (χ4v) is 1.89. The molecule has 0 aromatic rings. The van der Waals surface area contributed by atoms with Crippen LogP contribution in [0.15, 0.2) is 24.0 Å². The third kappa shape index (κ3) is 3.19. The van der Waals surface area contributed by atoms with Crippen LogP contribution in [-0.2, 0) is 14.3 Å². The van der Waals surface area contributed by atoms with Gasteiger partial charge >= 0.3 is 0 Å². The fraction of sp³-hybridized carbons (Fsp3) is 0.462. The first-order valence-corrected chi connectivity index (χ1v) is 5.93. The Bertz CT molecular complexity index is 355. The number of amides is 2. The maximum absolute atomic E-state index is 11.3. The minimum atomic E-state index is -0.0543. The van der Waals surface area contributed by atoms with Crippen molar-refractivity contribution in [3.8, 4) is 0 Å². The van der Waals surface area contributed by atoms with Gasteiger partial charge in [0.05, 0.1) is 6.61 Å². The van der Waals surface area contributed by atoms with Gasteiger partial charge in [0.25, 0.3) is 0 Å². The van der Waals surface area contributed by atoms with Crippen molar-refractivity contribution < 1.29 is 14.3 Å². The predicted molar refractivity (Wildman–Crippen MR) is 62.7 cm³/mol. The van der Waals surface area contributed by atoms with Crippen molar-refractivity contribution in [1.82, 2.24) is 4.90 Å². The molecule has 0 N–H and O–H groups in total. The molecule has 2 aliphatic rings. The summed E-state index contributed by atoms with van der Waals surface area (Å²) in [7, 11) is 0. The van der Waals surface area contributed by atoms with Gasteiger partial charge in [-0.1, -0.05) is 6.08 Å². The standard InChI is InChI=1S/C13H16NO3/c15-12-7-8-13(16)14(12)9-4-10-17-11-5-2-1-3-6-11/h1-2,5-6H,3-4,7-10H2. The van der Waals surface area contributed by atoms with E-state index in [1.807, 2.05) is 18.2 Å². The summed E-state index contributed by atoms with van der Waals surface area (Å²) in [6.45, 7) is 1.01. The van der Waals surface area contributed by atoms with Gasteiger partial charge in [-0.2, -0.15) is 0 Å². The molecule has 0 unspecified atom stereocenters. The third-order valence-corrected chi connectivity index (χ3v) is 2.80. The van der Waals surface area contributed by atoms with Crippen LogP contribution >= 0.6 is 0 Å². The van der Waals surface area contributed by atoms with Crippen molar-refractivity contribution >= 4 is 11.8 Å². The molecule has 2 amide bonds. The van der Waals surface area contributed by atoms with Gasteiger partial charge in [0.2, 0.25) is 11.8 Å². The second-order valence-electron chi connectivity index (χ2n) is 4.08. The Hall–Kier alpha value is -1.58. The highest BCUT2D eigenvalue weighted by molar-refractivity contribution is 6.01. The monoisotopic (exact) mass is 234 g/mol. The molecule has 4 nitrogen and oxygen atoms in total. The fourth-order valence-electron chi connectivity index (χ4n) is 1.89. The van der Waals surface area contributed by atoms with Crippen molar-refractivity contribution in [1.29, 1.82) is 0 Å². The van der Waals surface area contributed by atoms with E-state index in [4.69, 9.17) is 4.74 Å². The summed E-state index contributed by atoms with van der Waals surface area (Å²) in [6.07, 6.45) is 10.2. The second-order valence-corrected chi connectivity index (χ2v) is 4.08. The molecule has 1 fully saturated rings. The Balaban J connectivity index is 1.66. The number of ether oxygens (including phenoxy) is 1. The normalized spacial score (nSPS) is 19.8. The molecule has 1 aliphatic carbocycles. The Morgan fingerprint density at radius 2 is 2.00 bits per heavy atom. The number of carbonyl (C=O) groups excluding carboxylic acids is 2. The van der Waals surface area contributed by atoms with Crippen molar-refractivity contribution in [2.24, 2.45) is 0 Å². The summed E-state index contributed by atoms with van der Waals surface area (Å²) in [5.74, 6) is 0.759. The molecule has 0 spiro atoms. The van der Waals surface area contributed by atoms with Gasteiger partial charge in [-0.15, -0.1) is 0 Å². The molecule has 1 aliphatic heterocycles. The van der Waals surface area contributed by atoms with Crippen LogP contribution in [0.25, 0.3) is 0 Å². The first-order chi connectivity index (χ1) is 8.27. The van der Waals surface area contributed by atoms with Gasteiger partial charge in [-0.25, -0.2) is 0 Å². The minimum Gasteiger partial charge on any atom is -0.494 e. The maximum atomic E-state index is 11.3. The van der Waals surface area contributed by atoms with E-state index in [0.29, 0.717) is 32.4 Å². The molecule has 0 bridgehead atoms. The minimum absolute atomic E-state index is 0.0543. The SMILES string of the molecule is O=C1CCC(=O)N1CCCOC1=CC[CH]C=C1. The van der Waals surface area contributed by atoms with E-state index in [0.717, 1.165) is 12.2 Å². The van der Waals surface area contributed by atoms with E-state index in [1.165, 1.54) is 4.90 Å². The number of rotatable bonds is 5. The summed E-state index contributed by atoms with van der Waals surface area (Å²) in [5.41, 5.74) is 0. The van der Waals surface area contributed by atoms with Crippen LogP contribution in [-0.4, -0.2) is 29.9 Å². The summed E-state index contributed by atoms with van der Waals surface area (Å²) in [5, 5.41) is 0. The number of likely N-dealkylation sites (tertiary alicyclic amines) is 1. The highest BCUT2D eigenvalue weighted by atomic mass is 16.5. The van der Waals surface area contributed by atoms with Crippen LogP contribution in [0.4, 0.5) is 0 Å². The zero-order valence-electron chi connectivity index (χ0n) is 9.72. The van der Waals surface area contributed by atoms with Crippen LogP contribution in [0.3, 0.4) is 0 Å². The molecule has 0 aromatic carbocycles. The van der Waals surface area contributed by atoms with E-state index in [1.54, 1.807) is 0 Å². The zero-order chi connectivity index (χ0) is 12.1. The van der Waals surface area contributed by atoms with E-state index in [-0.39, 0.29) is 11.8 Å². The Morgan fingerprint density at radius 1 is 1.24 bits per heavy atom. The molecule has 17 heavy (non-hydrogen) atoms. The smallest absolute Gasteiger partial charge is 0.229 e. The Morgan fingerprint density at radius 3 is 2.65 bits per heavy atom. The van der Waals surface area contributed by atoms with Crippen molar-refractivity contribution in [3.63, 3.8) is 0 Å². The molecule has 0 saturated carbocycles. The van der Waals surface area contributed by atoms with Gasteiger partial charge in [0.1, 0.15) is 5.76 Å². The number of hydrogen-bond donors (Lipinski definition) is 0. The molecular weight excluding hydrogens is 218 g/mol. The topological polar surface area (TPSA) is 46.6 Å². The lowest BCUT2D eigenvalue weighted by molar-refractivity contribution is -0.138. The van der Waals surface area contributed by atoms with Crippen molar-refractivity contribution in [3.05, 3.63) is 30.4 Å². The van der Waals surface area contributed by atoms with E-state index in [9.17, 15) is 9.59 Å². The average Bonchev–Trinajstić information content (AvgIpc) is 2.67. The Labute approximate surface area is 101 Å². The number of hydrogen-bond acceptors (Lipinski definition) is 3. The van der Waals surface area contributed by atoms with Crippen molar-refractivity contribution in [2.75, 3.05) is 13.2 Å². The largest absolute Gasteiger partial charge is 0.494 e. The number of imide groups is 1. The van der Waals surface area contributed by atoms with Crippen LogP contribution in [0, 0.1) is 6.42 Å². The van der Waals surface area contributed by atoms with Gasteiger partial charge in [0.15, 0.2) is 0 Å². The summed E-state index contributed by atoms with van der Waals surface area (Å²) >= 11 is 0. The molecule has 1 radical (unpaired) electrons. The van der Waals surface area contributed by atoms with Crippen LogP contribution in [0.2, 0.25) is 0 Å².